The molecule has 23 heavy (non-hydrogen) atoms. The third-order valence-corrected chi connectivity index (χ3v) is 5.01. The lowest BCUT2D eigenvalue weighted by atomic mass is 10.1. The fourth-order valence-electron chi connectivity index (χ4n) is 2.19. The summed E-state index contributed by atoms with van der Waals surface area (Å²) in [5, 5.41) is 8.71. The minimum absolute atomic E-state index is 0.267. The summed E-state index contributed by atoms with van der Waals surface area (Å²) in [6.45, 7) is 4.48. The first-order chi connectivity index (χ1) is 11.2. The third-order valence-electron chi connectivity index (χ3n) is 3.27. The van der Waals surface area contributed by atoms with Gasteiger partial charge in [-0.25, -0.2) is 9.07 Å². The summed E-state index contributed by atoms with van der Waals surface area (Å²) >= 11 is 3.19. The lowest BCUT2D eigenvalue weighted by Crippen LogP contribution is -2.14. The van der Waals surface area contributed by atoms with E-state index >= 15 is 0 Å². The summed E-state index contributed by atoms with van der Waals surface area (Å²) in [4.78, 5) is 6.42. The number of hydrogen-bond donors (Lipinski definition) is 0. The molecule has 3 aromatic rings. The van der Waals surface area contributed by atoms with Gasteiger partial charge in [-0.3, -0.25) is 4.99 Å². The SMILES string of the molecule is CCN=c1scc(-c2cccs2)n1N=C(C)c1ccccc1F. The summed E-state index contributed by atoms with van der Waals surface area (Å²) in [6, 6.07) is 10.7. The van der Waals surface area contributed by atoms with Crippen molar-refractivity contribution in [3.8, 4) is 10.6 Å². The maximum Gasteiger partial charge on any atom is 0.206 e. The number of rotatable bonds is 4. The molecule has 3 nitrogen and oxygen atoms in total. The third kappa shape index (κ3) is 3.33. The Morgan fingerprint density at radius 3 is 2.70 bits per heavy atom. The summed E-state index contributed by atoms with van der Waals surface area (Å²) in [7, 11) is 0. The fraction of sp³-hybridized carbons (Fsp3) is 0.176. The summed E-state index contributed by atoms with van der Waals surface area (Å²) in [5.74, 6) is -0.267. The van der Waals surface area contributed by atoms with Gasteiger partial charge in [0.2, 0.25) is 4.80 Å². The van der Waals surface area contributed by atoms with Crippen molar-refractivity contribution in [2.45, 2.75) is 13.8 Å². The Kier molecular flexibility index (Phi) is 4.83. The van der Waals surface area contributed by atoms with Crippen LogP contribution in [-0.2, 0) is 0 Å². The average Bonchev–Trinajstić information content (AvgIpc) is 3.18. The standard InChI is InChI=1S/C17H16FN3S2/c1-3-19-17-21(15(11-23-17)16-9-6-10-22-16)20-12(2)13-7-4-5-8-14(13)18/h4-11H,3H2,1-2H3. The lowest BCUT2D eigenvalue weighted by Gasteiger charge is -2.05. The van der Waals surface area contributed by atoms with Gasteiger partial charge in [-0.15, -0.1) is 22.7 Å². The van der Waals surface area contributed by atoms with E-state index in [1.807, 2.05) is 47.5 Å². The van der Waals surface area contributed by atoms with Crippen LogP contribution in [0.3, 0.4) is 0 Å². The van der Waals surface area contributed by atoms with E-state index < -0.39 is 0 Å². The Hall–Kier alpha value is -2.05. The number of hydrogen-bond acceptors (Lipinski definition) is 4. The number of halogens is 1. The molecule has 2 aromatic heterocycles. The maximum atomic E-state index is 14.0. The van der Waals surface area contributed by atoms with Gasteiger partial charge in [-0.2, -0.15) is 5.10 Å². The van der Waals surface area contributed by atoms with Crippen LogP contribution in [0.4, 0.5) is 4.39 Å². The van der Waals surface area contributed by atoms with E-state index in [2.05, 4.69) is 10.1 Å². The van der Waals surface area contributed by atoms with Gasteiger partial charge in [-0.05, 0) is 31.4 Å². The van der Waals surface area contributed by atoms with E-state index in [-0.39, 0.29) is 5.82 Å². The van der Waals surface area contributed by atoms with Crippen molar-refractivity contribution in [3.63, 3.8) is 0 Å². The van der Waals surface area contributed by atoms with Crippen molar-refractivity contribution >= 4 is 28.4 Å². The first kappa shape index (κ1) is 15.8. The number of aromatic nitrogens is 1. The highest BCUT2D eigenvalue weighted by atomic mass is 32.1. The van der Waals surface area contributed by atoms with Crippen molar-refractivity contribution in [1.29, 1.82) is 0 Å². The van der Waals surface area contributed by atoms with Crippen LogP contribution in [-0.4, -0.2) is 16.9 Å². The Bertz CT molecular complexity index is 889. The molecule has 0 atom stereocenters. The van der Waals surface area contributed by atoms with Crippen molar-refractivity contribution in [1.82, 2.24) is 4.68 Å². The van der Waals surface area contributed by atoms with Crippen molar-refractivity contribution in [2.75, 3.05) is 6.54 Å². The van der Waals surface area contributed by atoms with Crippen LogP contribution < -0.4 is 4.80 Å². The van der Waals surface area contributed by atoms with Gasteiger partial charge < -0.3 is 0 Å². The average molecular weight is 345 g/mol. The summed E-state index contributed by atoms with van der Waals surface area (Å²) < 4.78 is 15.8. The van der Waals surface area contributed by atoms with Crippen LogP contribution in [0, 0.1) is 5.82 Å². The molecule has 0 aliphatic rings. The zero-order valence-electron chi connectivity index (χ0n) is 12.9. The first-order valence-corrected chi connectivity index (χ1v) is 9.02. The van der Waals surface area contributed by atoms with Gasteiger partial charge >= 0.3 is 0 Å². The molecule has 0 amide bonds. The molecule has 0 radical (unpaired) electrons. The molecule has 2 heterocycles. The monoisotopic (exact) mass is 345 g/mol. The highest BCUT2D eigenvalue weighted by Gasteiger charge is 2.10. The Balaban J connectivity index is 2.15. The predicted octanol–water partition coefficient (Wildman–Crippen LogP) is 4.61. The van der Waals surface area contributed by atoms with Gasteiger partial charge in [0.15, 0.2) is 0 Å². The van der Waals surface area contributed by atoms with E-state index in [1.54, 1.807) is 34.8 Å². The minimum atomic E-state index is -0.267. The smallest absolute Gasteiger partial charge is 0.206 e. The summed E-state index contributed by atoms with van der Waals surface area (Å²) in [5.41, 5.74) is 2.11. The predicted molar refractivity (Wildman–Crippen MR) is 95.7 cm³/mol. The van der Waals surface area contributed by atoms with E-state index in [0.29, 0.717) is 17.8 Å². The second-order valence-electron chi connectivity index (χ2n) is 4.83. The van der Waals surface area contributed by atoms with Crippen LogP contribution >= 0.6 is 22.7 Å². The number of benzene rings is 1. The number of thiazole rings is 1. The zero-order chi connectivity index (χ0) is 16.2. The molecular weight excluding hydrogens is 329 g/mol. The van der Waals surface area contributed by atoms with Gasteiger partial charge in [-0.1, -0.05) is 24.3 Å². The van der Waals surface area contributed by atoms with Gasteiger partial charge in [0.1, 0.15) is 5.82 Å². The van der Waals surface area contributed by atoms with E-state index in [0.717, 1.165) is 15.4 Å². The van der Waals surface area contributed by atoms with Crippen LogP contribution in [0.15, 0.2) is 57.3 Å². The van der Waals surface area contributed by atoms with Gasteiger partial charge in [0.25, 0.3) is 0 Å². The Labute approximate surface area is 142 Å². The van der Waals surface area contributed by atoms with Gasteiger partial charge in [0.05, 0.1) is 16.3 Å². The fourth-order valence-corrected chi connectivity index (χ4v) is 3.88. The molecule has 118 valence electrons. The van der Waals surface area contributed by atoms with E-state index in [4.69, 9.17) is 0 Å². The quantitative estimate of drug-likeness (QED) is 0.618. The minimum Gasteiger partial charge on any atom is -0.258 e. The molecule has 0 saturated carbocycles. The van der Waals surface area contributed by atoms with Crippen molar-refractivity contribution in [3.05, 3.63) is 63.3 Å². The van der Waals surface area contributed by atoms with Gasteiger partial charge in [0, 0.05) is 17.5 Å². The van der Waals surface area contributed by atoms with Crippen LogP contribution in [0.5, 0.6) is 0 Å². The molecule has 6 heteroatoms. The molecule has 0 spiro atoms. The number of thiophene rings is 1. The normalized spacial score (nSPS) is 12.8. The highest BCUT2D eigenvalue weighted by molar-refractivity contribution is 7.14. The molecular formula is C17H16FN3S2. The number of nitrogens with zero attached hydrogens (tertiary/aromatic N) is 3. The second kappa shape index (κ2) is 7.02. The molecule has 0 N–H and O–H groups in total. The molecule has 0 bridgehead atoms. The molecule has 1 aromatic carbocycles. The molecule has 0 aliphatic carbocycles. The highest BCUT2D eigenvalue weighted by Crippen LogP contribution is 2.25. The van der Waals surface area contributed by atoms with Crippen LogP contribution in [0.1, 0.15) is 19.4 Å². The lowest BCUT2D eigenvalue weighted by molar-refractivity contribution is 0.624. The molecule has 0 aliphatic heterocycles. The van der Waals surface area contributed by atoms with E-state index in [9.17, 15) is 4.39 Å². The van der Waals surface area contributed by atoms with Crippen molar-refractivity contribution in [2.24, 2.45) is 10.1 Å². The second-order valence-corrected chi connectivity index (χ2v) is 6.62. The zero-order valence-corrected chi connectivity index (χ0v) is 14.5. The summed E-state index contributed by atoms with van der Waals surface area (Å²) in [6.07, 6.45) is 0. The Morgan fingerprint density at radius 2 is 2.00 bits per heavy atom. The van der Waals surface area contributed by atoms with Crippen LogP contribution in [0.25, 0.3) is 10.6 Å². The maximum absolute atomic E-state index is 14.0. The topological polar surface area (TPSA) is 29.6 Å². The molecule has 0 fully saturated rings. The molecule has 0 unspecified atom stereocenters. The van der Waals surface area contributed by atoms with Crippen molar-refractivity contribution < 1.29 is 4.39 Å². The van der Waals surface area contributed by atoms with E-state index in [1.165, 1.54) is 6.07 Å². The first-order valence-electron chi connectivity index (χ1n) is 7.26. The van der Waals surface area contributed by atoms with Crippen LogP contribution in [0.2, 0.25) is 0 Å². The Morgan fingerprint density at radius 1 is 1.17 bits per heavy atom. The molecule has 0 saturated heterocycles. The largest absolute Gasteiger partial charge is 0.258 e. The molecule has 3 rings (SSSR count).